The number of carbonyl (C=O) groups excluding carboxylic acids is 1. The standard InChI is InChI=1S/C18H28N2O3/c1-17(2,3)23-16(22)20-9-8-13(11-18(20,4)5)12-6-7-14(19)15(21)10-12/h6-7,10,13,21H,8-9,11,19H2,1-5H3. The normalized spacial score (nSPS) is 21.1. The van der Waals surface area contributed by atoms with Gasteiger partial charge in [0.25, 0.3) is 0 Å². The highest BCUT2D eigenvalue weighted by atomic mass is 16.6. The monoisotopic (exact) mass is 320 g/mol. The van der Waals surface area contributed by atoms with E-state index in [0.717, 1.165) is 18.4 Å². The molecule has 1 fully saturated rings. The summed E-state index contributed by atoms with van der Waals surface area (Å²) in [4.78, 5) is 14.2. The van der Waals surface area contributed by atoms with Crippen molar-refractivity contribution >= 4 is 11.8 Å². The summed E-state index contributed by atoms with van der Waals surface area (Å²) in [6.45, 7) is 10.4. The number of nitrogen functional groups attached to an aromatic ring is 1. The minimum absolute atomic E-state index is 0.120. The molecule has 1 amide bonds. The lowest BCUT2D eigenvalue weighted by Crippen LogP contribution is -2.53. The molecule has 0 radical (unpaired) electrons. The van der Waals surface area contributed by atoms with Crippen molar-refractivity contribution in [1.82, 2.24) is 4.90 Å². The van der Waals surface area contributed by atoms with Gasteiger partial charge in [-0.05, 0) is 71.1 Å². The second-order valence-corrected chi connectivity index (χ2v) is 7.95. The van der Waals surface area contributed by atoms with E-state index in [1.165, 1.54) is 0 Å². The number of piperidine rings is 1. The molecule has 0 aliphatic carbocycles. The highest BCUT2D eigenvalue weighted by Crippen LogP contribution is 2.39. The van der Waals surface area contributed by atoms with Crippen LogP contribution in [0.4, 0.5) is 10.5 Å². The summed E-state index contributed by atoms with van der Waals surface area (Å²) >= 11 is 0. The maximum atomic E-state index is 12.4. The molecule has 5 heteroatoms. The molecular formula is C18H28N2O3. The van der Waals surface area contributed by atoms with E-state index in [-0.39, 0.29) is 23.3 Å². The van der Waals surface area contributed by atoms with E-state index in [2.05, 4.69) is 13.8 Å². The molecule has 1 saturated heterocycles. The highest BCUT2D eigenvalue weighted by molar-refractivity contribution is 5.69. The summed E-state index contributed by atoms with van der Waals surface area (Å²) in [6.07, 6.45) is 1.39. The second-order valence-electron chi connectivity index (χ2n) is 7.95. The molecule has 1 atom stereocenters. The summed E-state index contributed by atoms with van der Waals surface area (Å²) in [5.74, 6) is 0.407. The van der Waals surface area contributed by atoms with Crippen molar-refractivity contribution in [3.8, 4) is 5.75 Å². The number of carbonyl (C=O) groups is 1. The molecule has 2 rings (SSSR count). The number of amides is 1. The second kappa shape index (κ2) is 5.95. The van der Waals surface area contributed by atoms with E-state index in [4.69, 9.17) is 10.5 Å². The van der Waals surface area contributed by atoms with Crippen molar-refractivity contribution in [1.29, 1.82) is 0 Å². The first-order valence-electron chi connectivity index (χ1n) is 8.08. The van der Waals surface area contributed by atoms with Crippen LogP contribution in [0.3, 0.4) is 0 Å². The smallest absolute Gasteiger partial charge is 0.410 e. The molecule has 0 saturated carbocycles. The summed E-state index contributed by atoms with van der Waals surface area (Å²) in [7, 11) is 0. The van der Waals surface area contributed by atoms with E-state index in [9.17, 15) is 9.90 Å². The fraction of sp³-hybridized carbons (Fsp3) is 0.611. The Kier molecular flexibility index (Phi) is 4.51. The molecular weight excluding hydrogens is 292 g/mol. The number of benzene rings is 1. The van der Waals surface area contributed by atoms with Crippen LogP contribution in [0.5, 0.6) is 5.75 Å². The Morgan fingerprint density at radius 2 is 2.04 bits per heavy atom. The van der Waals surface area contributed by atoms with Gasteiger partial charge in [0.15, 0.2) is 0 Å². The predicted octanol–water partition coefficient (Wildman–Crippen LogP) is 3.87. The van der Waals surface area contributed by atoms with Crippen molar-refractivity contribution in [3.05, 3.63) is 23.8 Å². The number of rotatable bonds is 1. The van der Waals surface area contributed by atoms with Crippen molar-refractivity contribution in [2.45, 2.75) is 64.5 Å². The molecule has 1 heterocycles. The van der Waals surface area contributed by atoms with Gasteiger partial charge in [-0.15, -0.1) is 0 Å². The first-order valence-corrected chi connectivity index (χ1v) is 8.08. The molecule has 0 bridgehead atoms. The van der Waals surface area contributed by atoms with Gasteiger partial charge in [-0.1, -0.05) is 6.07 Å². The van der Waals surface area contributed by atoms with Crippen LogP contribution in [0.25, 0.3) is 0 Å². The zero-order valence-corrected chi connectivity index (χ0v) is 14.7. The third kappa shape index (κ3) is 4.09. The number of hydrogen-bond acceptors (Lipinski definition) is 4. The molecule has 1 aliphatic rings. The summed E-state index contributed by atoms with van der Waals surface area (Å²) in [5, 5.41) is 9.82. The molecule has 23 heavy (non-hydrogen) atoms. The number of nitrogens with two attached hydrogens (primary N) is 1. The number of likely N-dealkylation sites (tertiary alicyclic amines) is 1. The summed E-state index contributed by atoms with van der Waals surface area (Å²) in [5.41, 5.74) is 6.33. The van der Waals surface area contributed by atoms with Crippen LogP contribution in [-0.2, 0) is 4.74 Å². The lowest BCUT2D eigenvalue weighted by Gasteiger charge is -2.45. The van der Waals surface area contributed by atoms with Gasteiger partial charge in [0.1, 0.15) is 11.4 Å². The molecule has 1 aromatic carbocycles. The number of phenols is 1. The summed E-state index contributed by atoms with van der Waals surface area (Å²) in [6, 6.07) is 5.43. The Labute approximate surface area is 138 Å². The third-order valence-corrected chi connectivity index (χ3v) is 4.32. The SMILES string of the molecule is CC(C)(C)OC(=O)N1CCC(c2ccc(N)c(O)c2)CC1(C)C. The van der Waals surface area contributed by atoms with E-state index >= 15 is 0 Å². The minimum Gasteiger partial charge on any atom is -0.506 e. The van der Waals surface area contributed by atoms with Crippen LogP contribution < -0.4 is 5.73 Å². The predicted molar refractivity (Wildman–Crippen MR) is 91.5 cm³/mol. The fourth-order valence-corrected chi connectivity index (χ4v) is 3.16. The zero-order valence-electron chi connectivity index (χ0n) is 14.7. The number of phenolic OH excluding ortho intramolecular Hbond substituents is 1. The van der Waals surface area contributed by atoms with Gasteiger partial charge in [0.2, 0.25) is 0 Å². The molecule has 0 spiro atoms. The van der Waals surface area contributed by atoms with E-state index < -0.39 is 5.60 Å². The molecule has 3 N–H and O–H groups in total. The lowest BCUT2D eigenvalue weighted by molar-refractivity contribution is -0.00933. The molecule has 1 unspecified atom stereocenters. The number of ether oxygens (including phenoxy) is 1. The van der Waals surface area contributed by atoms with Crippen molar-refractivity contribution in [3.63, 3.8) is 0 Å². The largest absolute Gasteiger partial charge is 0.506 e. The average Bonchev–Trinajstić information content (AvgIpc) is 2.38. The van der Waals surface area contributed by atoms with Gasteiger partial charge in [-0.3, -0.25) is 0 Å². The lowest BCUT2D eigenvalue weighted by atomic mass is 9.79. The van der Waals surface area contributed by atoms with Gasteiger partial charge in [0, 0.05) is 12.1 Å². The van der Waals surface area contributed by atoms with E-state index in [1.807, 2.05) is 31.7 Å². The number of aromatic hydroxyl groups is 1. The Morgan fingerprint density at radius 1 is 1.39 bits per heavy atom. The average molecular weight is 320 g/mol. The molecule has 1 aromatic rings. The molecule has 5 nitrogen and oxygen atoms in total. The Balaban J connectivity index is 2.13. The first kappa shape index (κ1) is 17.4. The van der Waals surface area contributed by atoms with Gasteiger partial charge in [-0.2, -0.15) is 0 Å². The number of anilines is 1. The van der Waals surface area contributed by atoms with Crippen LogP contribution in [0.2, 0.25) is 0 Å². The van der Waals surface area contributed by atoms with E-state index in [0.29, 0.717) is 12.2 Å². The number of nitrogens with zero attached hydrogens (tertiary/aromatic N) is 1. The Bertz CT molecular complexity index is 590. The summed E-state index contributed by atoms with van der Waals surface area (Å²) < 4.78 is 5.52. The van der Waals surface area contributed by atoms with Crippen molar-refractivity contribution in [2.24, 2.45) is 0 Å². The topological polar surface area (TPSA) is 75.8 Å². The van der Waals surface area contributed by atoms with Gasteiger partial charge in [-0.25, -0.2) is 4.79 Å². The minimum atomic E-state index is -0.493. The Morgan fingerprint density at radius 3 is 2.57 bits per heavy atom. The molecule has 0 aromatic heterocycles. The molecule has 1 aliphatic heterocycles. The third-order valence-electron chi connectivity index (χ3n) is 4.32. The highest BCUT2D eigenvalue weighted by Gasteiger charge is 2.40. The number of hydrogen-bond donors (Lipinski definition) is 2. The van der Waals surface area contributed by atoms with Gasteiger partial charge in [0.05, 0.1) is 5.69 Å². The van der Waals surface area contributed by atoms with Crippen molar-refractivity contribution in [2.75, 3.05) is 12.3 Å². The molecule has 128 valence electrons. The maximum absolute atomic E-state index is 12.4. The van der Waals surface area contributed by atoms with Gasteiger partial charge < -0.3 is 20.5 Å². The fourth-order valence-electron chi connectivity index (χ4n) is 3.16. The van der Waals surface area contributed by atoms with Crippen molar-refractivity contribution < 1.29 is 14.6 Å². The van der Waals surface area contributed by atoms with Gasteiger partial charge >= 0.3 is 6.09 Å². The van der Waals surface area contributed by atoms with Crippen LogP contribution >= 0.6 is 0 Å². The Hall–Kier alpha value is -1.91. The quantitative estimate of drug-likeness (QED) is 0.608. The van der Waals surface area contributed by atoms with Crippen LogP contribution in [0.1, 0.15) is 58.9 Å². The van der Waals surface area contributed by atoms with Crippen LogP contribution in [-0.4, -0.2) is 33.8 Å². The maximum Gasteiger partial charge on any atom is 0.410 e. The van der Waals surface area contributed by atoms with E-state index in [1.54, 1.807) is 12.1 Å². The van der Waals surface area contributed by atoms with Crippen LogP contribution in [0.15, 0.2) is 18.2 Å². The van der Waals surface area contributed by atoms with Crippen LogP contribution in [0, 0.1) is 0 Å². The zero-order chi connectivity index (χ0) is 17.4. The first-order chi connectivity index (χ1) is 10.5.